The molecule has 1 aromatic carbocycles. The summed E-state index contributed by atoms with van der Waals surface area (Å²) in [5, 5.41) is 0.196. The zero-order valence-corrected chi connectivity index (χ0v) is 11.4. The summed E-state index contributed by atoms with van der Waals surface area (Å²) in [5.74, 6) is -1.21. The summed E-state index contributed by atoms with van der Waals surface area (Å²) in [6.07, 6.45) is 1.79. The van der Waals surface area contributed by atoms with Crippen molar-refractivity contribution in [1.82, 2.24) is 0 Å². The Morgan fingerprint density at radius 1 is 1.35 bits per heavy atom. The minimum atomic E-state index is -0.629. The quantitative estimate of drug-likeness (QED) is 0.485. The Labute approximate surface area is 120 Å². The first-order valence-corrected chi connectivity index (χ1v) is 6.35. The van der Waals surface area contributed by atoms with E-state index in [1.165, 1.54) is 24.3 Å². The van der Waals surface area contributed by atoms with E-state index in [-0.39, 0.29) is 41.8 Å². The lowest BCUT2D eigenvalue weighted by atomic mass is 10.2. The van der Waals surface area contributed by atoms with E-state index in [1.54, 1.807) is 0 Å². The zero-order chi connectivity index (χ0) is 14.7. The van der Waals surface area contributed by atoms with Crippen LogP contribution in [-0.4, -0.2) is 24.4 Å². The fourth-order valence-corrected chi connectivity index (χ4v) is 2.08. The minimum Gasteiger partial charge on any atom is -0.458 e. The van der Waals surface area contributed by atoms with E-state index < -0.39 is 5.97 Å². The topological polar surface area (TPSA) is 63.7 Å². The molecule has 104 valence electrons. The number of anilines is 1. The molecule has 0 saturated carbocycles. The number of esters is 1. The molecule has 0 N–H and O–H groups in total. The van der Waals surface area contributed by atoms with Gasteiger partial charge in [0.15, 0.2) is 0 Å². The highest BCUT2D eigenvalue weighted by atomic mass is 35.5. The van der Waals surface area contributed by atoms with Gasteiger partial charge in [-0.1, -0.05) is 24.3 Å². The first-order chi connectivity index (χ1) is 9.54. The van der Waals surface area contributed by atoms with Gasteiger partial charge in [-0.2, -0.15) is 0 Å². The summed E-state index contributed by atoms with van der Waals surface area (Å²) >= 11 is 5.93. The second-order valence-corrected chi connectivity index (χ2v) is 4.58. The average Bonchev–Trinajstić information content (AvgIpc) is 2.76. The number of hydrogen-bond acceptors (Lipinski definition) is 4. The molecule has 1 fully saturated rings. The first-order valence-electron chi connectivity index (χ1n) is 5.98. The molecule has 0 spiro atoms. The van der Waals surface area contributed by atoms with Gasteiger partial charge in [-0.15, -0.1) is 0 Å². The van der Waals surface area contributed by atoms with E-state index in [2.05, 4.69) is 6.58 Å². The van der Waals surface area contributed by atoms with Gasteiger partial charge in [0.25, 0.3) is 0 Å². The van der Waals surface area contributed by atoms with Crippen molar-refractivity contribution in [2.24, 2.45) is 0 Å². The van der Waals surface area contributed by atoms with Gasteiger partial charge < -0.3 is 4.74 Å². The number of ether oxygens (including phenoxy) is 1. The normalized spacial score (nSPS) is 14.6. The molecule has 20 heavy (non-hydrogen) atoms. The number of carbonyl (C=O) groups is 3. The Kier molecular flexibility index (Phi) is 4.20. The molecule has 0 atom stereocenters. The summed E-state index contributed by atoms with van der Waals surface area (Å²) in [7, 11) is 0. The highest BCUT2D eigenvalue weighted by molar-refractivity contribution is 6.34. The van der Waals surface area contributed by atoms with Crippen molar-refractivity contribution in [3.05, 3.63) is 41.4 Å². The smallest absolute Gasteiger partial charge is 0.340 e. The van der Waals surface area contributed by atoms with Crippen molar-refractivity contribution in [1.29, 1.82) is 0 Å². The van der Waals surface area contributed by atoms with Crippen molar-refractivity contribution in [3.8, 4) is 0 Å². The van der Waals surface area contributed by atoms with Crippen LogP contribution in [-0.2, 0) is 14.3 Å². The molecule has 1 saturated heterocycles. The van der Waals surface area contributed by atoms with Crippen LogP contribution < -0.4 is 4.90 Å². The Hall–Kier alpha value is -2.14. The maximum atomic E-state index is 11.8. The minimum absolute atomic E-state index is 0.0565. The number of carbonyl (C=O) groups excluding carboxylic acids is 3. The average molecular weight is 294 g/mol. The predicted octanol–water partition coefficient (Wildman–Crippen LogP) is 2.34. The summed E-state index contributed by atoms with van der Waals surface area (Å²) in [6.45, 7) is 3.50. The van der Waals surface area contributed by atoms with Crippen molar-refractivity contribution in [2.75, 3.05) is 11.5 Å². The maximum absolute atomic E-state index is 11.8. The second-order valence-electron chi connectivity index (χ2n) is 4.17. The SMILES string of the molecule is C=CCOC(=O)c1cc(N2C(=O)CCC2=O)ccc1Cl. The third-order valence-corrected chi connectivity index (χ3v) is 3.14. The summed E-state index contributed by atoms with van der Waals surface area (Å²) in [6, 6.07) is 4.36. The summed E-state index contributed by atoms with van der Waals surface area (Å²) in [4.78, 5) is 36.2. The zero-order valence-electron chi connectivity index (χ0n) is 10.6. The van der Waals surface area contributed by atoms with Crippen LogP contribution in [0.5, 0.6) is 0 Å². The molecule has 0 aliphatic carbocycles. The molecule has 1 heterocycles. The number of nitrogens with zero attached hydrogens (tertiary/aromatic N) is 1. The molecular formula is C14H12ClNO4. The number of hydrogen-bond donors (Lipinski definition) is 0. The highest BCUT2D eigenvalue weighted by Gasteiger charge is 2.31. The number of benzene rings is 1. The molecule has 1 aromatic rings. The molecule has 1 aliphatic heterocycles. The Balaban J connectivity index is 2.33. The molecule has 0 unspecified atom stereocenters. The van der Waals surface area contributed by atoms with Crippen LogP contribution in [0, 0.1) is 0 Å². The summed E-state index contributed by atoms with van der Waals surface area (Å²) < 4.78 is 4.90. The Morgan fingerprint density at radius 3 is 2.60 bits per heavy atom. The molecule has 0 radical (unpaired) electrons. The van der Waals surface area contributed by atoms with Crippen molar-refractivity contribution < 1.29 is 19.1 Å². The van der Waals surface area contributed by atoms with E-state index in [9.17, 15) is 14.4 Å². The van der Waals surface area contributed by atoms with Gasteiger partial charge in [0, 0.05) is 12.8 Å². The molecular weight excluding hydrogens is 282 g/mol. The van der Waals surface area contributed by atoms with E-state index in [1.807, 2.05) is 0 Å². The van der Waals surface area contributed by atoms with Crippen molar-refractivity contribution in [3.63, 3.8) is 0 Å². The number of imide groups is 1. The lowest BCUT2D eigenvalue weighted by Gasteiger charge is -2.15. The van der Waals surface area contributed by atoms with Crippen LogP contribution in [0.4, 0.5) is 5.69 Å². The van der Waals surface area contributed by atoms with E-state index in [0.29, 0.717) is 5.69 Å². The van der Waals surface area contributed by atoms with Crippen molar-refractivity contribution in [2.45, 2.75) is 12.8 Å². The summed E-state index contributed by atoms with van der Waals surface area (Å²) in [5.41, 5.74) is 0.436. The van der Waals surface area contributed by atoms with Crippen LogP contribution in [0.2, 0.25) is 5.02 Å². The number of halogens is 1. The van der Waals surface area contributed by atoms with Crippen LogP contribution in [0.25, 0.3) is 0 Å². The third-order valence-electron chi connectivity index (χ3n) is 2.81. The van der Waals surface area contributed by atoms with Crippen LogP contribution in [0.15, 0.2) is 30.9 Å². The van der Waals surface area contributed by atoms with Gasteiger partial charge in [0.1, 0.15) is 6.61 Å². The van der Waals surface area contributed by atoms with Gasteiger partial charge in [0.05, 0.1) is 16.3 Å². The van der Waals surface area contributed by atoms with Crippen LogP contribution in [0.3, 0.4) is 0 Å². The van der Waals surface area contributed by atoms with Crippen LogP contribution >= 0.6 is 11.6 Å². The molecule has 1 aliphatic rings. The van der Waals surface area contributed by atoms with E-state index in [4.69, 9.17) is 16.3 Å². The molecule has 6 heteroatoms. The van der Waals surface area contributed by atoms with E-state index >= 15 is 0 Å². The molecule has 0 bridgehead atoms. The third kappa shape index (κ3) is 2.72. The number of amides is 2. The van der Waals surface area contributed by atoms with E-state index in [0.717, 1.165) is 4.90 Å². The fourth-order valence-electron chi connectivity index (χ4n) is 1.89. The lowest BCUT2D eigenvalue weighted by molar-refractivity contribution is -0.121. The lowest BCUT2D eigenvalue weighted by Crippen LogP contribution is -2.28. The van der Waals surface area contributed by atoms with Gasteiger partial charge in [-0.3, -0.25) is 14.5 Å². The van der Waals surface area contributed by atoms with Crippen molar-refractivity contribution >= 4 is 35.1 Å². The second kappa shape index (κ2) is 5.88. The van der Waals surface area contributed by atoms with Gasteiger partial charge in [0.2, 0.25) is 11.8 Å². The van der Waals surface area contributed by atoms with Gasteiger partial charge in [-0.05, 0) is 18.2 Å². The standard InChI is InChI=1S/C14H12ClNO4/c1-2-7-20-14(19)10-8-9(3-4-11(10)15)16-12(17)5-6-13(16)18/h2-4,8H,1,5-7H2. The molecule has 2 rings (SSSR count). The number of rotatable bonds is 4. The Bertz CT molecular complexity index is 581. The first kappa shape index (κ1) is 14.3. The fraction of sp³-hybridized carbons (Fsp3) is 0.214. The molecule has 2 amide bonds. The monoisotopic (exact) mass is 293 g/mol. The maximum Gasteiger partial charge on any atom is 0.340 e. The van der Waals surface area contributed by atoms with Crippen LogP contribution in [0.1, 0.15) is 23.2 Å². The highest BCUT2D eigenvalue weighted by Crippen LogP contribution is 2.27. The molecule has 0 aromatic heterocycles. The predicted molar refractivity (Wildman–Crippen MR) is 73.7 cm³/mol. The van der Waals surface area contributed by atoms with Gasteiger partial charge >= 0.3 is 5.97 Å². The largest absolute Gasteiger partial charge is 0.458 e. The Morgan fingerprint density at radius 2 is 2.00 bits per heavy atom. The molecule has 5 nitrogen and oxygen atoms in total. The van der Waals surface area contributed by atoms with Gasteiger partial charge in [-0.25, -0.2) is 4.79 Å².